The first-order valence-corrected chi connectivity index (χ1v) is 12.1. The van der Waals surface area contributed by atoms with E-state index in [1.54, 1.807) is 0 Å². The zero-order chi connectivity index (χ0) is 22.8. The van der Waals surface area contributed by atoms with Gasteiger partial charge >= 0.3 is 0 Å². The molecule has 0 aliphatic heterocycles. The third-order valence-electron chi connectivity index (χ3n) is 5.76. The van der Waals surface area contributed by atoms with Gasteiger partial charge in [-0.05, 0) is 39.8 Å². The van der Waals surface area contributed by atoms with E-state index >= 15 is 0 Å². The molecule has 0 fully saturated rings. The molecule has 2 aromatic rings. The molecule has 0 spiro atoms. The lowest BCUT2D eigenvalue weighted by Crippen LogP contribution is -2.33. The van der Waals surface area contributed by atoms with Crippen molar-refractivity contribution in [2.75, 3.05) is 18.2 Å². The fourth-order valence-corrected chi connectivity index (χ4v) is 4.83. The van der Waals surface area contributed by atoms with Gasteiger partial charge in [0.2, 0.25) is 5.91 Å². The summed E-state index contributed by atoms with van der Waals surface area (Å²) in [5.74, 6) is -0.896. The van der Waals surface area contributed by atoms with Crippen LogP contribution in [-0.2, 0) is 33.3 Å². The van der Waals surface area contributed by atoms with Gasteiger partial charge in [-0.2, -0.15) is 13.7 Å². The molecule has 0 unspecified atom stereocenters. The summed E-state index contributed by atoms with van der Waals surface area (Å²) in [5.41, 5.74) is 6.25. The van der Waals surface area contributed by atoms with Crippen LogP contribution in [-0.4, -0.2) is 42.0 Å². The van der Waals surface area contributed by atoms with Gasteiger partial charge in [0.1, 0.15) is 5.88 Å². The molecule has 1 N–H and O–H groups in total. The molecule has 0 radical (unpaired) electrons. The lowest BCUT2D eigenvalue weighted by atomic mass is 9.81. The van der Waals surface area contributed by atoms with Crippen LogP contribution >= 0.6 is 11.6 Å². The predicted molar refractivity (Wildman–Crippen MR) is 120 cm³/mol. The average molecular weight is 461 g/mol. The summed E-state index contributed by atoms with van der Waals surface area (Å²) < 4.78 is 30.9. The summed E-state index contributed by atoms with van der Waals surface area (Å²) in [6.45, 7) is 4.77. The zero-order valence-electron chi connectivity index (χ0n) is 17.6. The van der Waals surface area contributed by atoms with Gasteiger partial charge in [0.25, 0.3) is 10.1 Å². The van der Waals surface area contributed by atoms with Crippen LogP contribution in [0.25, 0.3) is 11.1 Å². The summed E-state index contributed by atoms with van der Waals surface area (Å²) in [6, 6.07) is 14.4. The SMILES string of the molecule is CC1(C)c2cc(CC#N)ccc2-c2ccc(CN(CCCS(=O)(=O)O)C(=O)CCl)cc21. The summed E-state index contributed by atoms with van der Waals surface area (Å²) in [5, 5.41) is 9.02. The van der Waals surface area contributed by atoms with Crippen molar-refractivity contribution in [3.63, 3.8) is 0 Å². The van der Waals surface area contributed by atoms with Crippen molar-refractivity contribution in [3.05, 3.63) is 58.7 Å². The van der Waals surface area contributed by atoms with Gasteiger partial charge in [-0.25, -0.2) is 0 Å². The Bertz CT molecular complexity index is 1150. The maximum Gasteiger partial charge on any atom is 0.264 e. The minimum atomic E-state index is -4.08. The molecule has 0 atom stereocenters. The lowest BCUT2D eigenvalue weighted by Gasteiger charge is -2.25. The summed E-state index contributed by atoms with van der Waals surface area (Å²) in [4.78, 5) is 13.8. The van der Waals surface area contributed by atoms with Crippen molar-refractivity contribution >= 4 is 27.6 Å². The molecular weight excluding hydrogens is 436 g/mol. The molecule has 0 saturated carbocycles. The van der Waals surface area contributed by atoms with Crippen molar-refractivity contribution in [2.45, 2.75) is 38.6 Å². The van der Waals surface area contributed by atoms with Gasteiger partial charge in [0, 0.05) is 18.5 Å². The maximum atomic E-state index is 12.3. The molecule has 1 amide bonds. The van der Waals surface area contributed by atoms with E-state index in [4.69, 9.17) is 21.4 Å². The molecule has 1 aliphatic carbocycles. The highest BCUT2D eigenvalue weighted by molar-refractivity contribution is 7.85. The number of amides is 1. The fraction of sp³-hybridized carbons (Fsp3) is 0.391. The molecule has 6 nitrogen and oxygen atoms in total. The second-order valence-corrected chi connectivity index (χ2v) is 10.1. The number of carbonyl (C=O) groups is 1. The van der Waals surface area contributed by atoms with E-state index in [2.05, 4.69) is 38.1 Å². The fourth-order valence-electron chi connectivity index (χ4n) is 4.17. The topological polar surface area (TPSA) is 98.5 Å². The van der Waals surface area contributed by atoms with Gasteiger partial charge in [0.05, 0.1) is 18.2 Å². The van der Waals surface area contributed by atoms with Gasteiger partial charge in [-0.3, -0.25) is 9.35 Å². The van der Waals surface area contributed by atoms with Crippen molar-refractivity contribution < 1.29 is 17.8 Å². The standard InChI is InChI=1S/C23H25ClN2O4S/c1-23(2)20-12-16(8-9-25)4-6-18(20)19-7-5-17(13-21(19)23)15-26(22(27)14-24)10-3-11-31(28,29)30/h4-7,12-13H,3,8,10-11,14-15H2,1-2H3,(H,28,29,30). The molecule has 1 aliphatic rings. The van der Waals surface area contributed by atoms with Crippen LogP contribution in [0.4, 0.5) is 0 Å². The van der Waals surface area contributed by atoms with Crippen LogP contribution in [0.15, 0.2) is 36.4 Å². The van der Waals surface area contributed by atoms with Crippen molar-refractivity contribution in [3.8, 4) is 17.2 Å². The molecule has 164 valence electrons. The second kappa shape index (κ2) is 8.99. The molecule has 31 heavy (non-hydrogen) atoms. The number of fused-ring (bicyclic) bond motifs is 3. The first kappa shape index (κ1) is 23.3. The third-order valence-corrected chi connectivity index (χ3v) is 6.79. The summed E-state index contributed by atoms with van der Waals surface area (Å²) >= 11 is 5.74. The predicted octanol–water partition coefficient (Wildman–Crippen LogP) is 3.90. The molecule has 8 heteroatoms. The van der Waals surface area contributed by atoms with E-state index in [-0.39, 0.29) is 30.2 Å². The quantitative estimate of drug-likeness (QED) is 0.475. The lowest BCUT2D eigenvalue weighted by molar-refractivity contribution is -0.129. The first-order chi connectivity index (χ1) is 14.6. The van der Waals surface area contributed by atoms with E-state index in [0.717, 1.165) is 27.8 Å². The molecular formula is C23H25ClN2O4S. The van der Waals surface area contributed by atoms with E-state index in [1.165, 1.54) is 10.5 Å². The van der Waals surface area contributed by atoms with Crippen LogP contribution in [0.3, 0.4) is 0 Å². The van der Waals surface area contributed by atoms with Crippen molar-refractivity contribution in [1.82, 2.24) is 4.90 Å². The Balaban J connectivity index is 1.87. The van der Waals surface area contributed by atoms with E-state index in [0.29, 0.717) is 13.0 Å². The highest BCUT2D eigenvalue weighted by Crippen LogP contribution is 2.49. The summed E-state index contributed by atoms with van der Waals surface area (Å²) in [7, 11) is -4.08. The Hall–Kier alpha value is -2.40. The number of halogens is 1. The molecule has 0 heterocycles. The van der Waals surface area contributed by atoms with Crippen LogP contribution in [0.1, 0.15) is 42.5 Å². The highest BCUT2D eigenvalue weighted by atomic mass is 35.5. The van der Waals surface area contributed by atoms with E-state index in [1.807, 2.05) is 18.2 Å². The normalized spacial score (nSPS) is 13.9. The number of alkyl halides is 1. The highest BCUT2D eigenvalue weighted by Gasteiger charge is 2.35. The van der Waals surface area contributed by atoms with Gasteiger partial charge in [0.15, 0.2) is 0 Å². The smallest absolute Gasteiger partial charge is 0.264 e. The van der Waals surface area contributed by atoms with Gasteiger partial charge in [-0.15, -0.1) is 11.6 Å². The number of carbonyl (C=O) groups excluding carboxylic acids is 1. The van der Waals surface area contributed by atoms with Crippen molar-refractivity contribution in [2.24, 2.45) is 0 Å². The Morgan fingerprint density at radius 2 is 1.71 bits per heavy atom. The summed E-state index contributed by atoms with van der Waals surface area (Å²) in [6.07, 6.45) is 0.495. The number of benzene rings is 2. The van der Waals surface area contributed by atoms with E-state index < -0.39 is 15.9 Å². The molecule has 3 rings (SSSR count). The Morgan fingerprint density at radius 3 is 2.26 bits per heavy atom. The van der Waals surface area contributed by atoms with Crippen LogP contribution in [0, 0.1) is 11.3 Å². The monoisotopic (exact) mass is 460 g/mol. The van der Waals surface area contributed by atoms with Crippen LogP contribution in [0.5, 0.6) is 0 Å². The Labute approximate surface area is 188 Å². The molecule has 0 saturated heterocycles. The van der Waals surface area contributed by atoms with Crippen LogP contribution < -0.4 is 0 Å². The molecule has 0 bridgehead atoms. The minimum Gasteiger partial charge on any atom is -0.337 e. The minimum absolute atomic E-state index is 0.130. The average Bonchev–Trinajstić information content (AvgIpc) is 2.93. The third kappa shape index (κ3) is 5.09. The zero-order valence-corrected chi connectivity index (χ0v) is 19.1. The number of rotatable bonds is 8. The number of nitrogens with zero attached hydrogens (tertiary/aromatic N) is 2. The number of hydrogen-bond acceptors (Lipinski definition) is 4. The van der Waals surface area contributed by atoms with Crippen molar-refractivity contribution in [1.29, 1.82) is 5.26 Å². The van der Waals surface area contributed by atoms with Gasteiger partial charge in [-0.1, -0.05) is 50.2 Å². The number of nitriles is 1. The number of hydrogen-bond donors (Lipinski definition) is 1. The first-order valence-electron chi connectivity index (χ1n) is 10.00. The largest absolute Gasteiger partial charge is 0.337 e. The Morgan fingerprint density at radius 1 is 1.13 bits per heavy atom. The Kier molecular flexibility index (Phi) is 6.75. The molecule has 2 aromatic carbocycles. The molecule has 0 aromatic heterocycles. The van der Waals surface area contributed by atoms with E-state index in [9.17, 15) is 13.2 Å². The van der Waals surface area contributed by atoms with Crippen LogP contribution in [0.2, 0.25) is 0 Å². The second-order valence-electron chi connectivity index (χ2n) is 8.31. The van der Waals surface area contributed by atoms with Gasteiger partial charge < -0.3 is 4.90 Å². The maximum absolute atomic E-state index is 12.3.